The minimum absolute atomic E-state index is 0.157. The van der Waals surface area contributed by atoms with Crippen molar-refractivity contribution in [2.75, 3.05) is 0 Å². The molecule has 0 aromatic rings. The molecule has 0 bridgehead atoms. The maximum Gasteiger partial charge on any atom is 0.139 e. The van der Waals surface area contributed by atoms with E-state index in [0.717, 1.165) is 6.42 Å². The summed E-state index contributed by atoms with van der Waals surface area (Å²) in [6.07, 6.45) is 2.21. The van der Waals surface area contributed by atoms with Crippen LogP contribution in [0.4, 0.5) is 0 Å². The molecule has 0 unspecified atom stereocenters. The van der Waals surface area contributed by atoms with Crippen molar-refractivity contribution in [1.29, 1.82) is 0 Å². The van der Waals surface area contributed by atoms with E-state index in [2.05, 4.69) is 11.8 Å². The van der Waals surface area contributed by atoms with Crippen LogP contribution in [0, 0.1) is 17.3 Å². The Labute approximate surface area is 75.5 Å². The van der Waals surface area contributed by atoms with Gasteiger partial charge in [-0.3, -0.25) is 4.79 Å². The number of Topliss-reactive ketones (excluding diaryl/α,β-unsaturated/α-hetero) is 1. The fourth-order valence-corrected chi connectivity index (χ4v) is 0.837. The maximum atomic E-state index is 11.5. The van der Waals surface area contributed by atoms with Gasteiger partial charge in [-0.1, -0.05) is 20.8 Å². The van der Waals surface area contributed by atoms with Crippen molar-refractivity contribution in [1.82, 2.24) is 0 Å². The summed E-state index contributed by atoms with van der Waals surface area (Å²) in [5.74, 6) is 6.02. The van der Waals surface area contributed by atoms with Crippen molar-refractivity contribution in [2.24, 2.45) is 5.41 Å². The molecule has 68 valence electrons. The number of carbonyl (C=O) groups excluding carboxylic acids is 1. The third kappa shape index (κ3) is 3.57. The van der Waals surface area contributed by atoms with Gasteiger partial charge in [0.25, 0.3) is 0 Å². The minimum atomic E-state index is -0.157. The number of hydrogen-bond donors (Lipinski definition) is 0. The first-order chi connectivity index (χ1) is 5.54. The predicted octanol–water partition coefficient (Wildman–Crippen LogP) is 2.80. The lowest BCUT2D eigenvalue weighted by molar-refractivity contribution is -0.127. The van der Waals surface area contributed by atoms with Crippen LogP contribution in [0.3, 0.4) is 0 Å². The molecule has 0 aromatic heterocycles. The molecule has 0 fully saturated rings. The Hall–Kier alpha value is -0.770. The zero-order valence-electron chi connectivity index (χ0n) is 8.53. The molecular formula is C11H18O. The quantitative estimate of drug-likeness (QED) is 0.587. The smallest absolute Gasteiger partial charge is 0.139 e. The molecule has 0 heterocycles. The van der Waals surface area contributed by atoms with E-state index in [9.17, 15) is 4.79 Å². The fourth-order valence-electron chi connectivity index (χ4n) is 0.837. The van der Waals surface area contributed by atoms with Crippen LogP contribution in [0.15, 0.2) is 0 Å². The minimum Gasteiger partial charge on any atom is -0.299 e. The second-order valence-corrected chi connectivity index (χ2v) is 3.59. The molecule has 0 radical (unpaired) electrons. The van der Waals surface area contributed by atoms with Crippen LogP contribution in [0.25, 0.3) is 0 Å². The Bertz CT molecular complexity index is 203. The molecule has 0 saturated heterocycles. The molecule has 0 aliphatic heterocycles. The van der Waals surface area contributed by atoms with Crippen LogP contribution in [0.5, 0.6) is 0 Å². The molecule has 1 heteroatoms. The van der Waals surface area contributed by atoms with E-state index in [0.29, 0.717) is 18.6 Å². The van der Waals surface area contributed by atoms with Crippen LogP contribution in [-0.4, -0.2) is 5.78 Å². The molecule has 0 saturated carbocycles. The van der Waals surface area contributed by atoms with Crippen molar-refractivity contribution in [3.63, 3.8) is 0 Å². The average Bonchev–Trinajstić information content (AvgIpc) is 2.05. The Morgan fingerprint density at radius 1 is 1.42 bits per heavy atom. The Morgan fingerprint density at radius 2 is 2.00 bits per heavy atom. The lowest BCUT2D eigenvalue weighted by atomic mass is 9.83. The highest BCUT2D eigenvalue weighted by Gasteiger charge is 2.23. The van der Waals surface area contributed by atoms with Crippen LogP contribution in [0.2, 0.25) is 0 Å². The molecular weight excluding hydrogens is 148 g/mol. The standard InChI is InChI=1S/C11H18O/c1-5-7-8-9-10(12)11(3,4)6-2/h6,8-9H2,1-4H3. The molecule has 0 aromatic carbocycles. The first-order valence-corrected chi connectivity index (χ1v) is 4.47. The van der Waals surface area contributed by atoms with Gasteiger partial charge in [-0.2, -0.15) is 0 Å². The lowest BCUT2D eigenvalue weighted by Crippen LogP contribution is -2.22. The van der Waals surface area contributed by atoms with Crippen LogP contribution < -0.4 is 0 Å². The molecule has 0 spiro atoms. The predicted molar refractivity (Wildman–Crippen MR) is 51.8 cm³/mol. The number of ketones is 1. The zero-order valence-corrected chi connectivity index (χ0v) is 8.53. The lowest BCUT2D eigenvalue weighted by Gasteiger charge is -2.19. The third-order valence-corrected chi connectivity index (χ3v) is 2.29. The van der Waals surface area contributed by atoms with E-state index in [1.807, 2.05) is 20.8 Å². The third-order valence-electron chi connectivity index (χ3n) is 2.29. The van der Waals surface area contributed by atoms with E-state index in [1.165, 1.54) is 0 Å². The summed E-state index contributed by atoms with van der Waals surface area (Å²) in [7, 11) is 0. The highest BCUT2D eigenvalue weighted by Crippen LogP contribution is 2.22. The monoisotopic (exact) mass is 166 g/mol. The van der Waals surface area contributed by atoms with Gasteiger partial charge in [0.15, 0.2) is 0 Å². The first kappa shape index (κ1) is 11.2. The van der Waals surface area contributed by atoms with Crippen molar-refractivity contribution in [3.05, 3.63) is 0 Å². The van der Waals surface area contributed by atoms with Gasteiger partial charge in [-0.15, -0.1) is 11.8 Å². The van der Waals surface area contributed by atoms with Gasteiger partial charge in [0.1, 0.15) is 5.78 Å². The molecule has 0 aliphatic carbocycles. The van der Waals surface area contributed by atoms with E-state index < -0.39 is 0 Å². The average molecular weight is 166 g/mol. The molecule has 0 N–H and O–H groups in total. The Kier molecular flexibility index (Phi) is 4.66. The van der Waals surface area contributed by atoms with Gasteiger partial charge in [0.2, 0.25) is 0 Å². The largest absolute Gasteiger partial charge is 0.299 e. The Balaban J connectivity index is 3.93. The van der Waals surface area contributed by atoms with E-state index >= 15 is 0 Å². The van der Waals surface area contributed by atoms with Gasteiger partial charge in [-0.25, -0.2) is 0 Å². The summed E-state index contributed by atoms with van der Waals surface area (Å²) in [5.41, 5.74) is -0.157. The van der Waals surface area contributed by atoms with Crippen molar-refractivity contribution >= 4 is 5.78 Å². The van der Waals surface area contributed by atoms with Crippen LogP contribution in [-0.2, 0) is 4.79 Å². The van der Waals surface area contributed by atoms with E-state index in [-0.39, 0.29) is 5.41 Å². The topological polar surface area (TPSA) is 17.1 Å². The summed E-state index contributed by atoms with van der Waals surface area (Å²) in [6, 6.07) is 0. The second kappa shape index (κ2) is 4.98. The van der Waals surface area contributed by atoms with Gasteiger partial charge in [-0.05, 0) is 13.3 Å². The molecule has 0 amide bonds. The molecule has 1 nitrogen and oxygen atoms in total. The Morgan fingerprint density at radius 3 is 2.42 bits per heavy atom. The van der Waals surface area contributed by atoms with E-state index in [1.54, 1.807) is 6.92 Å². The summed E-state index contributed by atoms with van der Waals surface area (Å²) in [6.45, 7) is 7.84. The summed E-state index contributed by atoms with van der Waals surface area (Å²) in [5, 5.41) is 0. The highest BCUT2D eigenvalue weighted by atomic mass is 16.1. The molecule has 0 rings (SSSR count). The number of carbonyl (C=O) groups is 1. The van der Waals surface area contributed by atoms with Crippen molar-refractivity contribution < 1.29 is 4.79 Å². The molecule has 0 aliphatic rings. The molecule has 12 heavy (non-hydrogen) atoms. The first-order valence-electron chi connectivity index (χ1n) is 4.47. The highest BCUT2D eigenvalue weighted by molar-refractivity contribution is 5.84. The zero-order chi connectivity index (χ0) is 9.61. The normalized spacial score (nSPS) is 10.3. The fraction of sp³-hybridized carbons (Fsp3) is 0.727. The number of rotatable bonds is 4. The van der Waals surface area contributed by atoms with Crippen molar-refractivity contribution in [3.8, 4) is 11.8 Å². The van der Waals surface area contributed by atoms with Gasteiger partial charge in [0, 0.05) is 18.3 Å². The maximum absolute atomic E-state index is 11.5. The summed E-state index contributed by atoms with van der Waals surface area (Å²) in [4.78, 5) is 11.5. The van der Waals surface area contributed by atoms with Crippen LogP contribution >= 0.6 is 0 Å². The van der Waals surface area contributed by atoms with E-state index in [4.69, 9.17) is 0 Å². The molecule has 0 atom stereocenters. The second-order valence-electron chi connectivity index (χ2n) is 3.59. The van der Waals surface area contributed by atoms with Gasteiger partial charge < -0.3 is 0 Å². The summed E-state index contributed by atoms with van der Waals surface area (Å²) >= 11 is 0. The summed E-state index contributed by atoms with van der Waals surface area (Å²) < 4.78 is 0. The SMILES string of the molecule is CC#CCCC(=O)C(C)(C)CC. The van der Waals surface area contributed by atoms with Gasteiger partial charge >= 0.3 is 0 Å². The van der Waals surface area contributed by atoms with Crippen LogP contribution in [0.1, 0.15) is 47.0 Å². The van der Waals surface area contributed by atoms with Gasteiger partial charge in [0.05, 0.1) is 0 Å². The number of hydrogen-bond acceptors (Lipinski definition) is 1. The van der Waals surface area contributed by atoms with Crippen molar-refractivity contribution in [2.45, 2.75) is 47.0 Å².